The van der Waals surface area contributed by atoms with Crippen LogP contribution in [-0.4, -0.2) is 34.9 Å². The van der Waals surface area contributed by atoms with E-state index >= 15 is 0 Å². The maximum Gasteiger partial charge on any atom is 0.247 e. The first-order valence-electron chi connectivity index (χ1n) is 4.92. The van der Waals surface area contributed by atoms with Gasteiger partial charge < -0.3 is 10.4 Å². The summed E-state index contributed by atoms with van der Waals surface area (Å²) in [6, 6.07) is 0. The number of aliphatic hydroxyl groups excluding tert-OH is 1. The van der Waals surface area contributed by atoms with E-state index in [0.29, 0.717) is 5.57 Å². The number of amides is 1. The monoisotopic (exact) mass is 198 g/mol. The molecule has 1 aliphatic rings. The predicted molar refractivity (Wildman–Crippen MR) is 54.4 cm³/mol. The molecule has 0 aromatic heterocycles. The van der Waals surface area contributed by atoms with Crippen LogP contribution in [0.4, 0.5) is 0 Å². The third kappa shape index (κ3) is 2.56. The molecule has 80 valence electrons. The minimum Gasteiger partial charge on any atom is -0.378 e. The molecule has 0 bridgehead atoms. The summed E-state index contributed by atoms with van der Waals surface area (Å²) in [5.74, 6) is -0.156. The maximum atomic E-state index is 11.3. The number of nitrogens with one attached hydrogen (secondary N) is 1. The zero-order valence-corrected chi connectivity index (χ0v) is 8.79. The molecule has 1 heterocycles. The average molecular weight is 198 g/mol. The highest BCUT2D eigenvalue weighted by Crippen LogP contribution is 2.16. The van der Waals surface area contributed by atoms with Gasteiger partial charge in [-0.3, -0.25) is 9.69 Å². The fourth-order valence-corrected chi connectivity index (χ4v) is 1.62. The minimum atomic E-state index is -0.421. The molecule has 0 aliphatic carbocycles. The van der Waals surface area contributed by atoms with Crippen molar-refractivity contribution in [2.75, 3.05) is 6.54 Å². The average Bonchev–Trinajstić information content (AvgIpc) is 2.51. The molecule has 4 nitrogen and oxygen atoms in total. The van der Waals surface area contributed by atoms with Crippen molar-refractivity contribution < 1.29 is 9.90 Å². The fraction of sp³-hybridized carbons (Fsp3) is 0.700. The molecule has 1 saturated heterocycles. The SMILES string of the molecule is C=C(C)C(=O)NC(C)N1CCCC1O. The highest BCUT2D eigenvalue weighted by atomic mass is 16.3. The summed E-state index contributed by atoms with van der Waals surface area (Å²) in [4.78, 5) is 13.2. The van der Waals surface area contributed by atoms with Gasteiger partial charge in [0.2, 0.25) is 5.91 Å². The molecular weight excluding hydrogens is 180 g/mol. The van der Waals surface area contributed by atoms with Gasteiger partial charge in [0.25, 0.3) is 0 Å². The number of hydrogen-bond acceptors (Lipinski definition) is 3. The summed E-state index contributed by atoms with van der Waals surface area (Å²) in [7, 11) is 0. The van der Waals surface area contributed by atoms with E-state index in [2.05, 4.69) is 11.9 Å². The summed E-state index contributed by atoms with van der Waals surface area (Å²) >= 11 is 0. The molecule has 0 saturated carbocycles. The summed E-state index contributed by atoms with van der Waals surface area (Å²) < 4.78 is 0. The maximum absolute atomic E-state index is 11.3. The Morgan fingerprint density at radius 3 is 2.79 bits per heavy atom. The van der Waals surface area contributed by atoms with Crippen molar-refractivity contribution in [1.82, 2.24) is 10.2 Å². The number of carbonyl (C=O) groups is 1. The number of rotatable bonds is 3. The van der Waals surface area contributed by atoms with Gasteiger partial charge in [-0.05, 0) is 26.7 Å². The standard InChI is InChI=1S/C10H18N2O2/c1-7(2)10(14)11-8(3)12-6-4-5-9(12)13/h8-9,13H,1,4-6H2,2-3H3,(H,11,14). The summed E-state index contributed by atoms with van der Waals surface area (Å²) in [6.07, 6.45) is 1.22. The van der Waals surface area contributed by atoms with Crippen molar-refractivity contribution in [3.63, 3.8) is 0 Å². The quantitative estimate of drug-likeness (QED) is 0.647. The lowest BCUT2D eigenvalue weighted by Gasteiger charge is -2.28. The van der Waals surface area contributed by atoms with Crippen LogP contribution in [0.1, 0.15) is 26.7 Å². The molecule has 0 aromatic carbocycles. The van der Waals surface area contributed by atoms with Gasteiger partial charge in [0, 0.05) is 12.1 Å². The topological polar surface area (TPSA) is 52.6 Å². The van der Waals surface area contributed by atoms with Crippen LogP contribution >= 0.6 is 0 Å². The van der Waals surface area contributed by atoms with Gasteiger partial charge in [-0.15, -0.1) is 0 Å². The van der Waals surface area contributed by atoms with Gasteiger partial charge in [-0.2, -0.15) is 0 Å². The second-order valence-corrected chi connectivity index (χ2v) is 3.79. The van der Waals surface area contributed by atoms with E-state index in [1.807, 2.05) is 11.8 Å². The number of aliphatic hydroxyl groups is 1. The summed E-state index contributed by atoms with van der Waals surface area (Å²) in [5.41, 5.74) is 0.491. The highest BCUT2D eigenvalue weighted by Gasteiger charge is 2.27. The van der Waals surface area contributed by atoms with E-state index in [4.69, 9.17) is 0 Å². The first-order valence-corrected chi connectivity index (χ1v) is 4.92. The molecular formula is C10H18N2O2. The van der Waals surface area contributed by atoms with Gasteiger partial charge >= 0.3 is 0 Å². The number of likely N-dealkylation sites (tertiary alicyclic amines) is 1. The molecule has 14 heavy (non-hydrogen) atoms. The van der Waals surface area contributed by atoms with E-state index in [1.165, 1.54) is 0 Å². The van der Waals surface area contributed by atoms with Crippen LogP contribution in [0.25, 0.3) is 0 Å². The van der Waals surface area contributed by atoms with Crippen LogP contribution in [-0.2, 0) is 4.79 Å². The van der Waals surface area contributed by atoms with Gasteiger partial charge in [-0.25, -0.2) is 0 Å². The Balaban J connectivity index is 2.45. The van der Waals surface area contributed by atoms with Crippen LogP contribution < -0.4 is 5.32 Å². The largest absolute Gasteiger partial charge is 0.378 e. The fourth-order valence-electron chi connectivity index (χ4n) is 1.62. The van der Waals surface area contributed by atoms with Crippen LogP contribution in [0.3, 0.4) is 0 Å². The predicted octanol–water partition coefficient (Wildman–Crippen LogP) is 0.439. The second-order valence-electron chi connectivity index (χ2n) is 3.79. The number of nitrogens with zero attached hydrogens (tertiary/aromatic N) is 1. The van der Waals surface area contributed by atoms with E-state index in [9.17, 15) is 9.90 Å². The molecule has 1 aliphatic heterocycles. The first-order chi connectivity index (χ1) is 6.52. The Hall–Kier alpha value is -0.870. The van der Waals surface area contributed by atoms with Gasteiger partial charge in [0.15, 0.2) is 0 Å². The minimum absolute atomic E-state index is 0.128. The Labute approximate surface area is 84.6 Å². The Morgan fingerprint density at radius 1 is 1.71 bits per heavy atom. The lowest BCUT2D eigenvalue weighted by Crippen LogP contribution is -2.48. The van der Waals surface area contributed by atoms with Gasteiger partial charge in [0.1, 0.15) is 6.23 Å². The molecule has 0 radical (unpaired) electrons. The summed E-state index contributed by atoms with van der Waals surface area (Å²) in [6.45, 7) is 7.93. The van der Waals surface area contributed by atoms with E-state index in [0.717, 1.165) is 19.4 Å². The zero-order chi connectivity index (χ0) is 10.7. The molecule has 0 spiro atoms. The van der Waals surface area contributed by atoms with Crippen LogP contribution in [0, 0.1) is 0 Å². The third-order valence-corrected chi connectivity index (χ3v) is 2.49. The summed E-state index contributed by atoms with van der Waals surface area (Å²) in [5, 5.41) is 12.3. The van der Waals surface area contributed by atoms with Gasteiger partial charge in [0.05, 0.1) is 6.17 Å². The lowest BCUT2D eigenvalue weighted by molar-refractivity contribution is -0.120. The van der Waals surface area contributed by atoms with E-state index in [-0.39, 0.29) is 12.1 Å². The second kappa shape index (κ2) is 4.57. The highest BCUT2D eigenvalue weighted by molar-refractivity contribution is 5.92. The normalized spacial score (nSPS) is 24.6. The molecule has 4 heteroatoms. The van der Waals surface area contributed by atoms with Crippen molar-refractivity contribution in [3.8, 4) is 0 Å². The molecule has 2 atom stereocenters. The van der Waals surface area contributed by atoms with Crippen molar-refractivity contribution in [3.05, 3.63) is 12.2 Å². The smallest absolute Gasteiger partial charge is 0.247 e. The first kappa shape index (κ1) is 11.2. The lowest BCUT2D eigenvalue weighted by atomic mass is 10.3. The zero-order valence-electron chi connectivity index (χ0n) is 8.79. The van der Waals surface area contributed by atoms with Crippen LogP contribution in [0.5, 0.6) is 0 Å². The molecule has 2 N–H and O–H groups in total. The van der Waals surface area contributed by atoms with Crippen LogP contribution in [0.2, 0.25) is 0 Å². The molecule has 0 aromatic rings. The Morgan fingerprint density at radius 2 is 2.36 bits per heavy atom. The molecule has 1 fully saturated rings. The number of hydrogen-bond donors (Lipinski definition) is 2. The van der Waals surface area contributed by atoms with Crippen molar-refractivity contribution in [2.24, 2.45) is 0 Å². The third-order valence-electron chi connectivity index (χ3n) is 2.49. The molecule has 1 rings (SSSR count). The molecule has 2 unspecified atom stereocenters. The molecule has 1 amide bonds. The van der Waals surface area contributed by atoms with Crippen LogP contribution in [0.15, 0.2) is 12.2 Å². The number of carbonyl (C=O) groups excluding carboxylic acids is 1. The van der Waals surface area contributed by atoms with E-state index in [1.54, 1.807) is 6.92 Å². The Kier molecular flexibility index (Phi) is 3.66. The van der Waals surface area contributed by atoms with Crippen molar-refractivity contribution in [1.29, 1.82) is 0 Å². The van der Waals surface area contributed by atoms with Crippen molar-refractivity contribution >= 4 is 5.91 Å². The Bertz CT molecular complexity index is 240. The van der Waals surface area contributed by atoms with Gasteiger partial charge in [-0.1, -0.05) is 6.58 Å². The van der Waals surface area contributed by atoms with Crippen molar-refractivity contribution in [2.45, 2.75) is 39.1 Å². The van der Waals surface area contributed by atoms with E-state index < -0.39 is 6.23 Å².